The van der Waals surface area contributed by atoms with E-state index in [1.807, 2.05) is 13.0 Å². The van der Waals surface area contributed by atoms with Crippen molar-refractivity contribution in [2.24, 2.45) is 0 Å². The summed E-state index contributed by atoms with van der Waals surface area (Å²) in [5.74, 6) is 1.56. The van der Waals surface area contributed by atoms with Crippen LogP contribution in [0.15, 0.2) is 6.07 Å². The molecule has 0 bridgehead atoms. The van der Waals surface area contributed by atoms with Gasteiger partial charge in [-0.3, -0.25) is 0 Å². The molecule has 1 aromatic heterocycles. The number of likely N-dealkylation sites (N-methyl/N-ethyl adjacent to an activating group) is 1. The van der Waals surface area contributed by atoms with Gasteiger partial charge in [-0.05, 0) is 13.5 Å². The normalized spacial score (nSPS) is 16.9. The highest BCUT2D eigenvalue weighted by Crippen LogP contribution is 2.18. The highest BCUT2D eigenvalue weighted by Gasteiger charge is 2.18. The Morgan fingerprint density at radius 3 is 2.58 bits per heavy atom. The van der Waals surface area contributed by atoms with Crippen LogP contribution in [0.2, 0.25) is 5.15 Å². The Bertz CT molecular complexity index is 408. The predicted octanol–water partition coefficient (Wildman–Crippen LogP) is 1.81. The quantitative estimate of drug-likeness (QED) is 0.772. The third-order valence-corrected chi connectivity index (χ3v) is 3.50. The Hall–Kier alpha value is -0.910. The fourth-order valence-corrected chi connectivity index (χ4v) is 2.36. The Balaban J connectivity index is 2.05. The zero-order valence-electron chi connectivity index (χ0n) is 11.6. The van der Waals surface area contributed by atoms with Gasteiger partial charge in [0.25, 0.3) is 0 Å². The van der Waals surface area contributed by atoms with Crippen molar-refractivity contribution in [1.82, 2.24) is 14.9 Å². The summed E-state index contributed by atoms with van der Waals surface area (Å²) in [6.45, 7) is 10.4. The van der Waals surface area contributed by atoms with Crippen LogP contribution in [0.1, 0.15) is 19.7 Å². The first-order valence-electron chi connectivity index (χ1n) is 6.81. The molecule has 106 valence electrons. The molecule has 0 saturated carbocycles. The van der Waals surface area contributed by atoms with E-state index in [1.54, 1.807) is 0 Å². The Labute approximate surface area is 119 Å². The molecule has 1 fully saturated rings. The third kappa shape index (κ3) is 4.03. The molecule has 1 aromatic rings. The van der Waals surface area contributed by atoms with Crippen LogP contribution in [0.4, 0.5) is 5.82 Å². The standard InChI is InChI=1S/C13H21ClN4O/c1-3-17-5-7-18(8-6-17)13-9-11(14)15-12(16-13)10-19-4-2/h9H,3-8,10H2,1-2H3. The van der Waals surface area contributed by atoms with Crippen molar-refractivity contribution in [3.63, 3.8) is 0 Å². The largest absolute Gasteiger partial charge is 0.374 e. The van der Waals surface area contributed by atoms with Crippen LogP contribution in [0.5, 0.6) is 0 Å². The van der Waals surface area contributed by atoms with Crippen LogP contribution in [-0.4, -0.2) is 54.2 Å². The van der Waals surface area contributed by atoms with E-state index in [1.165, 1.54) is 0 Å². The van der Waals surface area contributed by atoms with Gasteiger partial charge in [0, 0.05) is 38.9 Å². The number of hydrogen-bond acceptors (Lipinski definition) is 5. The van der Waals surface area contributed by atoms with E-state index in [2.05, 4.69) is 26.7 Å². The highest BCUT2D eigenvalue weighted by molar-refractivity contribution is 6.29. The molecular weight excluding hydrogens is 264 g/mol. The SMILES string of the molecule is CCOCc1nc(Cl)cc(N2CCN(CC)CC2)n1. The summed E-state index contributed by atoms with van der Waals surface area (Å²) < 4.78 is 5.34. The summed E-state index contributed by atoms with van der Waals surface area (Å²) in [7, 11) is 0. The van der Waals surface area contributed by atoms with E-state index < -0.39 is 0 Å². The van der Waals surface area contributed by atoms with Gasteiger partial charge in [-0.25, -0.2) is 9.97 Å². The summed E-state index contributed by atoms with van der Waals surface area (Å²) in [4.78, 5) is 13.4. The van der Waals surface area contributed by atoms with Gasteiger partial charge >= 0.3 is 0 Å². The Morgan fingerprint density at radius 1 is 1.21 bits per heavy atom. The predicted molar refractivity (Wildman–Crippen MR) is 76.7 cm³/mol. The zero-order valence-corrected chi connectivity index (χ0v) is 12.4. The van der Waals surface area contributed by atoms with Crippen LogP contribution in [-0.2, 0) is 11.3 Å². The lowest BCUT2D eigenvalue weighted by Gasteiger charge is -2.34. The average molecular weight is 285 g/mol. The molecular formula is C13H21ClN4O. The fraction of sp³-hybridized carbons (Fsp3) is 0.692. The van der Waals surface area contributed by atoms with E-state index in [9.17, 15) is 0 Å². The first-order valence-corrected chi connectivity index (χ1v) is 7.19. The second kappa shape index (κ2) is 7.03. The van der Waals surface area contributed by atoms with Gasteiger partial charge in [-0.1, -0.05) is 18.5 Å². The Morgan fingerprint density at radius 2 is 1.95 bits per heavy atom. The van der Waals surface area contributed by atoms with Gasteiger partial charge in [0.1, 0.15) is 17.6 Å². The minimum absolute atomic E-state index is 0.416. The molecule has 2 rings (SSSR count). The molecule has 0 aromatic carbocycles. The Kier molecular flexibility index (Phi) is 5.36. The first kappa shape index (κ1) is 14.5. The highest BCUT2D eigenvalue weighted by atomic mass is 35.5. The average Bonchev–Trinajstić information content (AvgIpc) is 2.44. The van der Waals surface area contributed by atoms with Gasteiger partial charge in [0.15, 0.2) is 5.82 Å². The van der Waals surface area contributed by atoms with E-state index in [0.29, 0.717) is 24.2 Å². The molecule has 0 unspecified atom stereocenters. The van der Waals surface area contributed by atoms with Gasteiger partial charge in [0.2, 0.25) is 0 Å². The lowest BCUT2D eigenvalue weighted by atomic mass is 10.3. The summed E-state index contributed by atoms with van der Waals surface area (Å²) in [6.07, 6.45) is 0. The molecule has 0 spiro atoms. The molecule has 0 atom stereocenters. The molecule has 1 saturated heterocycles. The molecule has 19 heavy (non-hydrogen) atoms. The molecule has 1 aliphatic heterocycles. The number of rotatable bonds is 5. The first-order chi connectivity index (χ1) is 9.22. The van der Waals surface area contributed by atoms with E-state index in [-0.39, 0.29) is 0 Å². The molecule has 0 radical (unpaired) electrons. The monoisotopic (exact) mass is 284 g/mol. The number of nitrogens with zero attached hydrogens (tertiary/aromatic N) is 4. The minimum atomic E-state index is 0.416. The van der Waals surface area contributed by atoms with Gasteiger partial charge in [0.05, 0.1) is 0 Å². The summed E-state index contributed by atoms with van der Waals surface area (Å²) in [6, 6.07) is 1.83. The van der Waals surface area contributed by atoms with Crippen LogP contribution in [0.25, 0.3) is 0 Å². The zero-order chi connectivity index (χ0) is 13.7. The van der Waals surface area contributed by atoms with E-state index in [0.717, 1.165) is 38.5 Å². The van der Waals surface area contributed by atoms with Gasteiger partial charge in [-0.15, -0.1) is 0 Å². The smallest absolute Gasteiger partial charge is 0.158 e. The number of anilines is 1. The molecule has 0 amide bonds. The number of hydrogen-bond donors (Lipinski definition) is 0. The summed E-state index contributed by atoms with van der Waals surface area (Å²) in [5, 5.41) is 0.484. The van der Waals surface area contributed by atoms with Crippen LogP contribution >= 0.6 is 11.6 Å². The van der Waals surface area contributed by atoms with E-state index >= 15 is 0 Å². The van der Waals surface area contributed by atoms with Crippen molar-refractivity contribution >= 4 is 17.4 Å². The molecule has 0 aliphatic carbocycles. The maximum Gasteiger partial charge on any atom is 0.158 e. The number of halogens is 1. The second-order valence-electron chi connectivity index (χ2n) is 4.52. The van der Waals surface area contributed by atoms with Gasteiger partial charge in [-0.2, -0.15) is 0 Å². The van der Waals surface area contributed by atoms with E-state index in [4.69, 9.17) is 16.3 Å². The molecule has 6 heteroatoms. The van der Waals surface area contributed by atoms with Crippen molar-refractivity contribution in [2.45, 2.75) is 20.5 Å². The van der Waals surface area contributed by atoms with Crippen molar-refractivity contribution < 1.29 is 4.74 Å². The minimum Gasteiger partial charge on any atom is -0.374 e. The third-order valence-electron chi connectivity index (χ3n) is 3.31. The van der Waals surface area contributed by atoms with Crippen molar-refractivity contribution in [1.29, 1.82) is 0 Å². The van der Waals surface area contributed by atoms with Crippen LogP contribution < -0.4 is 4.90 Å². The number of piperazine rings is 1. The van der Waals surface area contributed by atoms with Crippen LogP contribution in [0, 0.1) is 0 Å². The topological polar surface area (TPSA) is 41.5 Å². The summed E-state index contributed by atoms with van der Waals surface area (Å²) in [5.41, 5.74) is 0. The number of aromatic nitrogens is 2. The molecule has 2 heterocycles. The maximum atomic E-state index is 6.06. The van der Waals surface area contributed by atoms with Gasteiger partial charge < -0.3 is 14.5 Å². The van der Waals surface area contributed by atoms with Crippen molar-refractivity contribution in [3.8, 4) is 0 Å². The molecule has 1 aliphatic rings. The second-order valence-corrected chi connectivity index (χ2v) is 4.91. The molecule has 5 nitrogen and oxygen atoms in total. The fourth-order valence-electron chi connectivity index (χ4n) is 2.16. The number of ether oxygens (including phenoxy) is 1. The summed E-state index contributed by atoms with van der Waals surface area (Å²) >= 11 is 6.06. The molecule has 0 N–H and O–H groups in total. The van der Waals surface area contributed by atoms with Crippen molar-refractivity contribution in [2.75, 3.05) is 44.2 Å². The maximum absolute atomic E-state index is 6.06. The van der Waals surface area contributed by atoms with Crippen LogP contribution in [0.3, 0.4) is 0 Å². The van der Waals surface area contributed by atoms with Crippen molar-refractivity contribution in [3.05, 3.63) is 17.0 Å². The lowest BCUT2D eigenvalue weighted by Crippen LogP contribution is -2.46. The lowest BCUT2D eigenvalue weighted by molar-refractivity contribution is 0.128.